The summed E-state index contributed by atoms with van der Waals surface area (Å²) < 4.78 is 39.1. The number of rotatable bonds is 3. The second-order valence-corrected chi connectivity index (χ2v) is 7.87. The molecular weight excluding hydrogens is 274 g/mol. The van der Waals surface area contributed by atoms with Gasteiger partial charge in [-0.15, -0.1) is 0 Å². The molecule has 1 aliphatic heterocycles. The molecule has 18 heavy (non-hydrogen) atoms. The summed E-state index contributed by atoms with van der Waals surface area (Å²) in [5.74, 6) is 0.825. The van der Waals surface area contributed by atoms with Gasteiger partial charge in [0, 0.05) is 60.9 Å². The van der Waals surface area contributed by atoms with Crippen LogP contribution < -0.4 is 5.73 Å². The van der Waals surface area contributed by atoms with Crippen molar-refractivity contribution in [3.63, 3.8) is 0 Å². The van der Waals surface area contributed by atoms with Crippen LogP contribution in [0.15, 0.2) is 17.2 Å². The van der Waals surface area contributed by atoms with Crippen molar-refractivity contribution in [2.45, 2.75) is 11.4 Å². The number of hydrogen-bond acceptors (Lipinski definition) is 4. The molecule has 0 aliphatic carbocycles. The standard InChI is InChI=1S/C10H17N3O3S2/c1-12-8-10(6-9(12)7-11)18(15,16)13-2-4-17(14)5-3-13/h6,8H,2-5,7,11H2,1H3. The molecule has 8 heteroatoms. The van der Waals surface area contributed by atoms with E-state index in [1.807, 2.05) is 0 Å². The molecule has 0 atom stereocenters. The van der Waals surface area contributed by atoms with Crippen LogP contribution in [0.4, 0.5) is 0 Å². The molecule has 1 aromatic heterocycles. The Balaban J connectivity index is 2.27. The molecule has 102 valence electrons. The lowest BCUT2D eigenvalue weighted by Gasteiger charge is -2.24. The maximum atomic E-state index is 12.3. The minimum atomic E-state index is -3.47. The van der Waals surface area contributed by atoms with Crippen LogP contribution in [0.25, 0.3) is 0 Å². The third kappa shape index (κ3) is 2.51. The third-order valence-corrected chi connectivity index (χ3v) is 6.21. The molecule has 1 saturated heterocycles. The Morgan fingerprint density at radius 2 is 2.00 bits per heavy atom. The van der Waals surface area contributed by atoms with Crippen LogP contribution >= 0.6 is 0 Å². The molecule has 0 radical (unpaired) electrons. The van der Waals surface area contributed by atoms with Gasteiger partial charge >= 0.3 is 0 Å². The topological polar surface area (TPSA) is 85.4 Å². The maximum absolute atomic E-state index is 12.3. The van der Waals surface area contributed by atoms with Gasteiger partial charge in [-0.2, -0.15) is 4.31 Å². The smallest absolute Gasteiger partial charge is 0.244 e. The van der Waals surface area contributed by atoms with Crippen LogP contribution in [-0.2, 0) is 34.4 Å². The van der Waals surface area contributed by atoms with Crippen LogP contribution in [0.2, 0.25) is 0 Å². The summed E-state index contributed by atoms with van der Waals surface area (Å²) in [5, 5.41) is 0. The lowest BCUT2D eigenvalue weighted by molar-refractivity contribution is 0.438. The fraction of sp³-hybridized carbons (Fsp3) is 0.600. The van der Waals surface area contributed by atoms with E-state index in [2.05, 4.69) is 0 Å². The number of aromatic nitrogens is 1. The van der Waals surface area contributed by atoms with Crippen molar-refractivity contribution in [1.82, 2.24) is 8.87 Å². The molecule has 0 unspecified atom stereocenters. The number of nitrogens with zero attached hydrogens (tertiary/aromatic N) is 2. The number of hydrogen-bond donors (Lipinski definition) is 1. The summed E-state index contributed by atoms with van der Waals surface area (Å²) in [6.45, 7) is 0.944. The van der Waals surface area contributed by atoms with Crippen molar-refractivity contribution in [3.05, 3.63) is 18.0 Å². The Kier molecular flexibility index (Phi) is 3.90. The minimum Gasteiger partial charge on any atom is -0.352 e. The van der Waals surface area contributed by atoms with Gasteiger partial charge in [0.2, 0.25) is 10.0 Å². The van der Waals surface area contributed by atoms with E-state index < -0.39 is 20.8 Å². The second kappa shape index (κ2) is 5.12. The van der Waals surface area contributed by atoms with E-state index in [-0.39, 0.29) is 4.90 Å². The van der Waals surface area contributed by atoms with Gasteiger partial charge in [0.25, 0.3) is 0 Å². The summed E-state index contributed by atoms with van der Waals surface area (Å²) in [6.07, 6.45) is 1.57. The first-order valence-electron chi connectivity index (χ1n) is 5.65. The molecule has 0 amide bonds. The highest BCUT2D eigenvalue weighted by Gasteiger charge is 2.29. The normalized spacial score (nSPS) is 19.2. The average molecular weight is 291 g/mol. The fourth-order valence-electron chi connectivity index (χ4n) is 1.93. The van der Waals surface area contributed by atoms with Crippen molar-refractivity contribution < 1.29 is 12.6 Å². The van der Waals surface area contributed by atoms with Gasteiger partial charge in [-0.25, -0.2) is 8.42 Å². The van der Waals surface area contributed by atoms with Gasteiger partial charge in [-0.05, 0) is 6.07 Å². The zero-order valence-electron chi connectivity index (χ0n) is 10.2. The summed E-state index contributed by atoms with van der Waals surface area (Å²) in [4.78, 5) is 0.262. The van der Waals surface area contributed by atoms with Gasteiger partial charge in [0.05, 0.1) is 0 Å². The molecule has 0 aromatic carbocycles. The molecule has 2 heterocycles. The van der Waals surface area contributed by atoms with E-state index in [4.69, 9.17) is 5.73 Å². The van der Waals surface area contributed by atoms with E-state index in [0.29, 0.717) is 31.1 Å². The quantitative estimate of drug-likeness (QED) is 0.793. The van der Waals surface area contributed by atoms with E-state index in [1.165, 1.54) is 4.31 Å². The van der Waals surface area contributed by atoms with Crippen LogP contribution in [0.1, 0.15) is 5.69 Å². The SMILES string of the molecule is Cn1cc(S(=O)(=O)N2CCS(=O)CC2)cc1CN. The molecule has 2 N–H and O–H groups in total. The fourth-order valence-corrected chi connectivity index (χ4v) is 4.75. The Hall–Kier alpha value is -0.700. The highest BCUT2D eigenvalue weighted by molar-refractivity contribution is 7.89. The monoisotopic (exact) mass is 291 g/mol. The van der Waals surface area contributed by atoms with Crippen molar-refractivity contribution in [2.24, 2.45) is 12.8 Å². The number of aryl methyl sites for hydroxylation is 1. The van der Waals surface area contributed by atoms with Gasteiger partial charge in [-0.3, -0.25) is 4.21 Å². The maximum Gasteiger partial charge on any atom is 0.244 e. The van der Waals surface area contributed by atoms with Crippen LogP contribution in [0.3, 0.4) is 0 Å². The predicted molar refractivity (Wildman–Crippen MR) is 69.9 cm³/mol. The molecule has 1 aromatic rings. The van der Waals surface area contributed by atoms with E-state index >= 15 is 0 Å². The molecule has 2 rings (SSSR count). The highest BCUT2D eigenvalue weighted by Crippen LogP contribution is 2.19. The molecule has 0 bridgehead atoms. The lowest BCUT2D eigenvalue weighted by atomic mass is 10.4. The largest absolute Gasteiger partial charge is 0.352 e. The first-order chi connectivity index (χ1) is 8.45. The zero-order valence-corrected chi connectivity index (χ0v) is 11.8. The lowest BCUT2D eigenvalue weighted by Crippen LogP contribution is -2.41. The van der Waals surface area contributed by atoms with Crippen LogP contribution in [-0.4, -0.2) is 46.1 Å². The predicted octanol–water partition coefficient (Wildman–Crippen LogP) is -0.763. The van der Waals surface area contributed by atoms with Gasteiger partial charge in [0.15, 0.2) is 0 Å². The molecule has 1 fully saturated rings. The molecule has 0 spiro atoms. The van der Waals surface area contributed by atoms with E-state index in [1.54, 1.807) is 23.9 Å². The molecule has 6 nitrogen and oxygen atoms in total. The minimum absolute atomic E-state index is 0.262. The van der Waals surface area contributed by atoms with Crippen molar-refractivity contribution in [1.29, 1.82) is 0 Å². The second-order valence-electron chi connectivity index (χ2n) is 4.23. The Labute approximate surface area is 109 Å². The van der Waals surface area contributed by atoms with Gasteiger partial charge < -0.3 is 10.3 Å². The molecule has 0 saturated carbocycles. The Morgan fingerprint density at radius 1 is 1.39 bits per heavy atom. The van der Waals surface area contributed by atoms with E-state index in [9.17, 15) is 12.6 Å². The third-order valence-electron chi connectivity index (χ3n) is 3.07. The van der Waals surface area contributed by atoms with Crippen molar-refractivity contribution in [2.75, 3.05) is 24.6 Å². The highest BCUT2D eigenvalue weighted by atomic mass is 32.2. The van der Waals surface area contributed by atoms with E-state index in [0.717, 1.165) is 5.69 Å². The first kappa shape index (κ1) is 13.7. The average Bonchev–Trinajstić information content (AvgIpc) is 2.72. The molecular formula is C10H17N3O3S2. The van der Waals surface area contributed by atoms with Gasteiger partial charge in [-0.1, -0.05) is 0 Å². The summed E-state index contributed by atoms with van der Waals surface area (Å²) in [6, 6.07) is 1.60. The molecule has 1 aliphatic rings. The Bertz CT molecular complexity index is 555. The summed E-state index contributed by atoms with van der Waals surface area (Å²) in [5.41, 5.74) is 6.31. The Morgan fingerprint density at radius 3 is 2.50 bits per heavy atom. The first-order valence-corrected chi connectivity index (χ1v) is 8.58. The van der Waals surface area contributed by atoms with Crippen LogP contribution in [0, 0.1) is 0 Å². The van der Waals surface area contributed by atoms with Crippen molar-refractivity contribution >= 4 is 20.8 Å². The summed E-state index contributed by atoms with van der Waals surface area (Å²) >= 11 is 0. The van der Waals surface area contributed by atoms with Gasteiger partial charge in [0.1, 0.15) is 4.90 Å². The van der Waals surface area contributed by atoms with Crippen molar-refractivity contribution in [3.8, 4) is 0 Å². The number of sulfonamides is 1. The number of nitrogens with two attached hydrogens (primary N) is 1. The van der Waals surface area contributed by atoms with Crippen LogP contribution in [0.5, 0.6) is 0 Å². The summed E-state index contributed by atoms with van der Waals surface area (Å²) in [7, 11) is -2.59. The zero-order chi connectivity index (χ0) is 13.3.